The van der Waals surface area contributed by atoms with Gasteiger partial charge in [0.15, 0.2) is 5.13 Å². The van der Waals surface area contributed by atoms with E-state index in [1.807, 2.05) is 31.2 Å². The lowest BCUT2D eigenvalue weighted by molar-refractivity contribution is 0.0587. The van der Waals surface area contributed by atoms with Crippen LogP contribution in [0.1, 0.15) is 20.3 Å². The standard InChI is InChI=1S/C13H17N3O2S/c1-3-13(2,18)8-14-11(17)16-12-15-9-6-4-5-7-10(9)19-12/h4-7,18H,3,8H2,1-2H3,(H2,14,15,16,17)/t13-/m0/s1. The van der Waals surface area contributed by atoms with Crippen molar-refractivity contribution in [1.29, 1.82) is 0 Å². The van der Waals surface area contributed by atoms with Gasteiger partial charge in [0.1, 0.15) is 0 Å². The van der Waals surface area contributed by atoms with Gasteiger partial charge in [-0.3, -0.25) is 5.32 Å². The normalized spacial score (nSPS) is 14.1. The molecule has 0 fully saturated rings. The number of carbonyl (C=O) groups excluding carboxylic acids is 1. The maximum Gasteiger partial charge on any atom is 0.321 e. The molecule has 0 aliphatic carbocycles. The van der Waals surface area contributed by atoms with Gasteiger partial charge in [0.05, 0.1) is 15.8 Å². The van der Waals surface area contributed by atoms with Crippen molar-refractivity contribution in [2.24, 2.45) is 0 Å². The number of aromatic nitrogens is 1. The third kappa shape index (κ3) is 3.65. The van der Waals surface area contributed by atoms with Crippen molar-refractivity contribution in [3.8, 4) is 0 Å². The fourth-order valence-electron chi connectivity index (χ4n) is 1.46. The van der Waals surface area contributed by atoms with Crippen molar-refractivity contribution in [3.63, 3.8) is 0 Å². The lowest BCUT2D eigenvalue weighted by atomic mass is 10.0. The Morgan fingerprint density at radius 1 is 1.47 bits per heavy atom. The molecule has 0 saturated carbocycles. The Bertz CT molecular complexity index is 547. The highest BCUT2D eigenvalue weighted by Gasteiger charge is 2.18. The Hall–Kier alpha value is -1.66. The Morgan fingerprint density at radius 2 is 2.21 bits per heavy atom. The summed E-state index contributed by atoms with van der Waals surface area (Å²) >= 11 is 1.42. The van der Waals surface area contributed by atoms with E-state index in [1.165, 1.54) is 11.3 Å². The van der Waals surface area contributed by atoms with Crippen molar-refractivity contribution >= 4 is 32.7 Å². The van der Waals surface area contributed by atoms with E-state index >= 15 is 0 Å². The number of hydrogen-bond donors (Lipinski definition) is 3. The fraction of sp³-hybridized carbons (Fsp3) is 0.385. The number of aliphatic hydroxyl groups is 1. The molecule has 2 amide bonds. The second kappa shape index (κ2) is 5.54. The first kappa shape index (κ1) is 13.8. The van der Waals surface area contributed by atoms with Crippen molar-refractivity contribution in [3.05, 3.63) is 24.3 Å². The van der Waals surface area contributed by atoms with Gasteiger partial charge in [-0.25, -0.2) is 9.78 Å². The Morgan fingerprint density at radius 3 is 2.89 bits per heavy atom. The van der Waals surface area contributed by atoms with Gasteiger partial charge >= 0.3 is 6.03 Å². The van der Waals surface area contributed by atoms with Gasteiger partial charge < -0.3 is 10.4 Å². The van der Waals surface area contributed by atoms with Gasteiger partial charge in [-0.05, 0) is 25.5 Å². The minimum absolute atomic E-state index is 0.209. The minimum atomic E-state index is -0.884. The molecule has 0 bridgehead atoms. The summed E-state index contributed by atoms with van der Waals surface area (Å²) in [4.78, 5) is 16.0. The maximum atomic E-state index is 11.7. The summed E-state index contributed by atoms with van der Waals surface area (Å²) in [6.45, 7) is 3.76. The highest BCUT2D eigenvalue weighted by atomic mass is 32.1. The summed E-state index contributed by atoms with van der Waals surface area (Å²) in [7, 11) is 0. The molecule has 19 heavy (non-hydrogen) atoms. The number of amides is 2. The molecule has 0 saturated heterocycles. The SMILES string of the molecule is CC[C@](C)(O)CNC(=O)Nc1nc2ccccc2s1. The second-order valence-corrected chi connectivity index (χ2v) is 5.68. The van der Waals surface area contributed by atoms with Crippen LogP contribution in [-0.2, 0) is 0 Å². The Labute approximate surface area is 115 Å². The highest BCUT2D eigenvalue weighted by Crippen LogP contribution is 2.25. The van der Waals surface area contributed by atoms with E-state index in [0.717, 1.165) is 10.2 Å². The quantitative estimate of drug-likeness (QED) is 0.805. The summed E-state index contributed by atoms with van der Waals surface area (Å²) in [5.74, 6) is 0. The van der Waals surface area contributed by atoms with E-state index in [9.17, 15) is 9.90 Å². The molecule has 1 heterocycles. The molecule has 2 aromatic rings. The minimum Gasteiger partial charge on any atom is -0.388 e. The first-order chi connectivity index (χ1) is 9.00. The average molecular weight is 279 g/mol. The van der Waals surface area contributed by atoms with Gasteiger partial charge in [-0.2, -0.15) is 0 Å². The molecule has 5 nitrogen and oxygen atoms in total. The molecule has 0 radical (unpaired) electrons. The van der Waals surface area contributed by atoms with Crippen LogP contribution in [0, 0.1) is 0 Å². The van der Waals surface area contributed by atoms with Gasteiger partial charge in [-0.1, -0.05) is 30.4 Å². The first-order valence-electron chi connectivity index (χ1n) is 6.13. The summed E-state index contributed by atoms with van der Waals surface area (Å²) in [6, 6.07) is 7.34. The van der Waals surface area contributed by atoms with E-state index in [2.05, 4.69) is 15.6 Å². The zero-order valence-electron chi connectivity index (χ0n) is 10.9. The lowest BCUT2D eigenvalue weighted by Crippen LogP contribution is -2.41. The Balaban J connectivity index is 1.95. The molecular formula is C13H17N3O2S. The largest absolute Gasteiger partial charge is 0.388 e. The van der Waals surface area contributed by atoms with Gasteiger partial charge in [0.2, 0.25) is 0 Å². The third-order valence-corrected chi connectivity index (χ3v) is 3.86. The number of nitrogens with zero attached hydrogens (tertiary/aromatic N) is 1. The number of carbonyl (C=O) groups is 1. The third-order valence-electron chi connectivity index (χ3n) is 2.91. The number of hydrogen-bond acceptors (Lipinski definition) is 4. The highest BCUT2D eigenvalue weighted by molar-refractivity contribution is 7.22. The van der Waals surface area contributed by atoms with Crippen LogP contribution in [0.15, 0.2) is 24.3 Å². The fourth-order valence-corrected chi connectivity index (χ4v) is 2.32. The van der Waals surface area contributed by atoms with Gasteiger partial charge in [-0.15, -0.1) is 0 Å². The number of rotatable bonds is 4. The molecule has 0 unspecified atom stereocenters. The van der Waals surface area contributed by atoms with Gasteiger partial charge in [0, 0.05) is 6.54 Å². The van der Waals surface area contributed by atoms with Crippen molar-refractivity contribution in [2.75, 3.05) is 11.9 Å². The number of fused-ring (bicyclic) bond motifs is 1. The number of anilines is 1. The number of benzene rings is 1. The smallest absolute Gasteiger partial charge is 0.321 e. The van der Waals surface area contributed by atoms with Crippen LogP contribution in [0.3, 0.4) is 0 Å². The number of urea groups is 1. The zero-order valence-corrected chi connectivity index (χ0v) is 11.8. The number of nitrogens with one attached hydrogen (secondary N) is 2. The molecule has 1 aromatic heterocycles. The number of para-hydroxylation sites is 1. The Kier molecular flexibility index (Phi) is 4.01. The van der Waals surface area contributed by atoms with Gasteiger partial charge in [0.25, 0.3) is 0 Å². The van der Waals surface area contributed by atoms with Crippen molar-refractivity contribution in [1.82, 2.24) is 10.3 Å². The molecule has 2 rings (SSSR count). The van der Waals surface area contributed by atoms with E-state index in [-0.39, 0.29) is 12.6 Å². The van der Waals surface area contributed by atoms with Crippen LogP contribution in [0.25, 0.3) is 10.2 Å². The molecule has 3 N–H and O–H groups in total. The van der Waals surface area contributed by atoms with E-state index in [1.54, 1.807) is 6.92 Å². The molecular weight excluding hydrogens is 262 g/mol. The maximum absolute atomic E-state index is 11.7. The predicted molar refractivity (Wildman–Crippen MR) is 77.6 cm³/mol. The molecule has 0 spiro atoms. The molecule has 1 atom stereocenters. The second-order valence-electron chi connectivity index (χ2n) is 4.64. The van der Waals surface area contributed by atoms with Crippen LogP contribution >= 0.6 is 11.3 Å². The van der Waals surface area contributed by atoms with E-state index < -0.39 is 5.60 Å². The van der Waals surface area contributed by atoms with Crippen molar-refractivity contribution < 1.29 is 9.90 Å². The van der Waals surface area contributed by atoms with Crippen LogP contribution in [-0.4, -0.2) is 28.3 Å². The summed E-state index contributed by atoms with van der Waals surface area (Å²) in [5.41, 5.74) is -0.0198. The molecule has 0 aliphatic heterocycles. The van der Waals surface area contributed by atoms with E-state index in [4.69, 9.17) is 0 Å². The van der Waals surface area contributed by atoms with E-state index in [0.29, 0.717) is 11.6 Å². The topological polar surface area (TPSA) is 74.2 Å². The average Bonchev–Trinajstić information content (AvgIpc) is 2.78. The summed E-state index contributed by atoms with van der Waals surface area (Å²) in [5, 5.41) is 15.7. The summed E-state index contributed by atoms with van der Waals surface area (Å²) < 4.78 is 1.03. The molecule has 1 aromatic carbocycles. The zero-order chi connectivity index (χ0) is 13.9. The molecule has 6 heteroatoms. The van der Waals surface area contributed by atoms with Crippen LogP contribution in [0.4, 0.5) is 9.93 Å². The first-order valence-corrected chi connectivity index (χ1v) is 6.94. The van der Waals surface area contributed by atoms with Crippen LogP contribution in [0.2, 0.25) is 0 Å². The van der Waals surface area contributed by atoms with Crippen LogP contribution in [0.5, 0.6) is 0 Å². The molecule has 0 aliphatic rings. The summed E-state index contributed by atoms with van der Waals surface area (Å²) in [6.07, 6.45) is 0.578. The molecule has 102 valence electrons. The lowest BCUT2D eigenvalue weighted by Gasteiger charge is -2.21. The van der Waals surface area contributed by atoms with Crippen molar-refractivity contribution in [2.45, 2.75) is 25.9 Å². The number of thiazole rings is 1. The monoisotopic (exact) mass is 279 g/mol. The van der Waals surface area contributed by atoms with Crippen LogP contribution < -0.4 is 10.6 Å². The predicted octanol–water partition coefficient (Wildman–Crippen LogP) is 2.58.